The predicted molar refractivity (Wildman–Crippen MR) is 74.9 cm³/mol. The van der Waals surface area contributed by atoms with Crippen molar-refractivity contribution in [1.82, 2.24) is 0 Å². The van der Waals surface area contributed by atoms with Crippen molar-refractivity contribution >= 4 is 16.5 Å². The Kier molecular flexibility index (Phi) is 2.61. The highest BCUT2D eigenvalue weighted by Gasteiger charge is 2.03. The fourth-order valence-electron chi connectivity index (χ4n) is 1.98. The van der Waals surface area contributed by atoms with Crippen LogP contribution in [0.3, 0.4) is 0 Å². The van der Waals surface area contributed by atoms with Gasteiger partial charge in [-0.3, -0.25) is 0 Å². The topological polar surface area (TPSA) is 35.2 Å². The molecule has 0 aliphatic rings. The van der Waals surface area contributed by atoms with Gasteiger partial charge in [0.2, 0.25) is 0 Å². The van der Waals surface area contributed by atoms with Crippen LogP contribution in [0.15, 0.2) is 66.7 Å². The molecule has 88 valence electrons. The van der Waals surface area contributed by atoms with Crippen LogP contribution < -0.4 is 10.5 Å². The van der Waals surface area contributed by atoms with Crippen LogP contribution in [0, 0.1) is 0 Å². The Labute approximate surface area is 106 Å². The molecule has 18 heavy (non-hydrogen) atoms. The van der Waals surface area contributed by atoms with E-state index >= 15 is 0 Å². The Morgan fingerprint density at radius 1 is 0.778 bits per heavy atom. The monoisotopic (exact) mass is 235 g/mol. The summed E-state index contributed by atoms with van der Waals surface area (Å²) >= 11 is 0. The molecule has 3 aromatic carbocycles. The molecule has 0 saturated carbocycles. The van der Waals surface area contributed by atoms with E-state index in [9.17, 15) is 0 Å². The van der Waals surface area contributed by atoms with E-state index in [0.717, 1.165) is 28.0 Å². The van der Waals surface area contributed by atoms with Crippen LogP contribution in [0.1, 0.15) is 0 Å². The van der Waals surface area contributed by atoms with Crippen LogP contribution in [0.2, 0.25) is 0 Å². The van der Waals surface area contributed by atoms with Crippen molar-refractivity contribution in [2.24, 2.45) is 0 Å². The van der Waals surface area contributed by atoms with Crippen molar-refractivity contribution in [2.45, 2.75) is 0 Å². The van der Waals surface area contributed by atoms with E-state index in [0.29, 0.717) is 0 Å². The lowest BCUT2D eigenvalue weighted by molar-refractivity contribution is 0.488. The fraction of sp³-hybridized carbons (Fsp3) is 0. The van der Waals surface area contributed by atoms with E-state index in [1.165, 1.54) is 0 Å². The Morgan fingerprint density at radius 3 is 2.44 bits per heavy atom. The Bertz CT molecular complexity index is 677. The molecule has 0 spiro atoms. The van der Waals surface area contributed by atoms with Gasteiger partial charge in [0.05, 0.1) is 0 Å². The fourth-order valence-corrected chi connectivity index (χ4v) is 1.98. The second-order valence-electron chi connectivity index (χ2n) is 4.15. The first-order valence-corrected chi connectivity index (χ1v) is 5.84. The molecule has 2 heteroatoms. The maximum absolute atomic E-state index is 5.89. The van der Waals surface area contributed by atoms with Crippen molar-refractivity contribution < 1.29 is 4.74 Å². The van der Waals surface area contributed by atoms with Gasteiger partial charge in [0, 0.05) is 11.1 Å². The van der Waals surface area contributed by atoms with Crippen LogP contribution >= 0.6 is 0 Å². The average molecular weight is 235 g/mol. The highest BCUT2D eigenvalue weighted by molar-refractivity contribution is 5.90. The van der Waals surface area contributed by atoms with E-state index in [2.05, 4.69) is 0 Å². The predicted octanol–water partition coefficient (Wildman–Crippen LogP) is 4.21. The molecule has 0 unspecified atom stereocenters. The largest absolute Gasteiger partial charge is 0.457 e. The third-order valence-corrected chi connectivity index (χ3v) is 2.84. The van der Waals surface area contributed by atoms with Gasteiger partial charge in [-0.1, -0.05) is 30.3 Å². The quantitative estimate of drug-likeness (QED) is 0.675. The Balaban J connectivity index is 2.07. The molecule has 0 bridgehead atoms. The lowest BCUT2D eigenvalue weighted by Crippen LogP contribution is -1.87. The smallest absolute Gasteiger partial charge is 0.135 e. The zero-order valence-corrected chi connectivity index (χ0v) is 9.84. The zero-order valence-electron chi connectivity index (χ0n) is 9.84. The molecule has 0 heterocycles. The van der Waals surface area contributed by atoms with Crippen LogP contribution in [0.5, 0.6) is 11.5 Å². The number of nitrogen functional groups attached to an aromatic ring is 1. The third-order valence-electron chi connectivity index (χ3n) is 2.84. The number of fused-ring (bicyclic) bond motifs is 1. The Morgan fingerprint density at radius 2 is 1.61 bits per heavy atom. The Hall–Kier alpha value is -2.48. The first kappa shape index (κ1) is 10.7. The van der Waals surface area contributed by atoms with Crippen molar-refractivity contribution in [3.05, 3.63) is 66.7 Å². The molecule has 0 aromatic heterocycles. The van der Waals surface area contributed by atoms with Crippen molar-refractivity contribution in [1.29, 1.82) is 0 Å². The lowest BCUT2D eigenvalue weighted by Gasteiger charge is -2.09. The minimum Gasteiger partial charge on any atom is -0.457 e. The summed E-state index contributed by atoms with van der Waals surface area (Å²) in [5, 5.41) is 2.15. The summed E-state index contributed by atoms with van der Waals surface area (Å²) in [6.45, 7) is 0. The minimum absolute atomic E-state index is 0.763. The molecule has 2 nitrogen and oxygen atoms in total. The molecule has 0 amide bonds. The van der Waals surface area contributed by atoms with Gasteiger partial charge in [0.15, 0.2) is 0 Å². The summed E-state index contributed by atoms with van der Waals surface area (Å²) in [4.78, 5) is 0. The number of hydrogen-bond donors (Lipinski definition) is 1. The SMILES string of the molecule is Nc1ccc2c(Oc3ccccc3)cccc2c1. The lowest BCUT2D eigenvalue weighted by atomic mass is 10.1. The van der Waals surface area contributed by atoms with Gasteiger partial charge in [-0.05, 0) is 41.8 Å². The van der Waals surface area contributed by atoms with Crippen molar-refractivity contribution in [2.75, 3.05) is 5.73 Å². The van der Waals surface area contributed by atoms with E-state index in [1.807, 2.05) is 66.7 Å². The molecule has 2 N–H and O–H groups in total. The average Bonchev–Trinajstić information content (AvgIpc) is 2.40. The normalized spacial score (nSPS) is 10.4. The number of para-hydroxylation sites is 1. The van der Waals surface area contributed by atoms with Gasteiger partial charge in [0.25, 0.3) is 0 Å². The molecule has 0 aliphatic carbocycles. The van der Waals surface area contributed by atoms with Gasteiger partial charge in [-0.25, -0.2) is 0 Å². The van der Waals surface area contributed by atoms with Gasteiger partial charge in [-0.2, -0.15) is 0 Å². The molecular weight excluding hydrogens is 222 g/mol. The van der Waals surface area contributed by atoms with Crippen LogP contribution in [0.4, 0.5) is 5.69 Å². The molecular formula is C16H13NO. The van der Waals surface area contributed by atoms with Crippen LogP contribution in [-0.4, -0.2) is 0 Å². The van der Waals surface area contributed by atoms with E-state index in [1.54, 1.807) is 0 Å². The third kappa shape index (κ3) is 2.00. The van der Waals surface area contributed by atoms with Crippen LogP contribution in [-0.2, 0) is 0 Å². The molecule has 0 atom stereocenters. The van der Waals surface area contributed by atoms with Gasteiger partial charge in [0.1, 0.15) is 11.5 Å². The molecule has 0 aliphatic heterocycles. The molecule has 0 fully saturated rings. The van der Waals surface area contributed by atoms with Crippen molar-refractivity contribution in [3.63, 3.8) is 0 Å². The van der Waals surface area contributed by atoms with Gasteiger partial charge in [-0.15, -0.1) is 0 Å². The molecule has 0 saturated heterocycles. The van der Waals surface area contributed by atoms with Crippen molar-refractivity contribution in [3.8, 4) is 11.5 Å². The van der Waals surface area contributed by atoms with Crippen LogP contribution in [0.25, 0.3) is 10.8 Å². The number of anilines is 1. The second-order valence-corrected chi connectivity index (χ2v) is 4.15. The maximum Gasteiger partial charge on any atom is 0.135 e. The zero-order chi connectivity index (χ0) is 12.4. The highest BCUT2D eigenvalue weighted by atomic mass is 16.5. The summed E-state index contributed by atoms with van der Waals surface area (Å²) in [5.41, 5.74) is 6.55. The second kappa shape index (κ2) is 4.41. The number of nitrogens with two attached hydrogens (primary N) is 1. The maximum atomic E-state index is 5.89. The number of ether oxygens (including phenoxy) is 1. The van der Waals surface area contributed by atoms with E-state index in [-0.39, 0.29) is 0 Å². The van der Waals surface area contributed by atoms with E-state index < -0.39 is 0 Å². The molecule has 3 aromatic rings. The first-order chi connectivity index (χ1) is 8.83. The summed E-state index contributed by atoms with van der Waals surface area (Å²) in [7, 11) is 0. The summed E-state index contributed by atoms with van der Waals surface area (Å²) in [6, 6.07) is 21.6. The molecule has 0 radical (unpaired) electrons. The van der Waals surface area contributed by atoms with Gasteiger partial charge < -0.3 is 10.5 Å². The number of benzene rings is 3. The summed E-state index contributed by atoms with van der Waals surface area (Å²) in [5.74, 6) is 1.68. The number of hydrogen-bond acceptors (Lipinski definition) is 2. The summed E-state index contributed by atoms with van der Waals surface area (Å²) in [6.07, 6.45) is 0. The van der Waals surface area contributed by atoms with Gasteiger partial charge >= 0.3 is 0 Å². The highest BCUT2D eigenvalue weighted by Crippen LogP contribution is 2.30. The molecule has 3 rings (SSSR count). The standard InChI is InChI=1S/C16H13NO/c17-13-9-10-15-12(11-13)5-4-8-16(15)18-14-6-2-1-3-7-14/h1-11H,17H2. The summed E-state index contributed by atoms with van der Waals surface area (Å²) < 4.78 is 5.89. The number of rotatable bonds is 2. The minimum atomic E-state index is 0.763. The first-order valence-electron chi connectivity index (χ1n) is 5.84. The van der Waals surface area contributed by atoms with E-state index in [4.69, 9.17) is 10.5 Å².